The quantitative estimate of drug-likeness (QED) is 0.621. The van der Waals surface area contributed by atoms with Gasteiger partial charge < -0.3 is 10.6 Å². The zero-order valence-corrected chi connectivity index (χ0v) is 9.85. The van der Waals surface area contributed by atoms with Crippen molar-refractivity contribution in [2.24, 2.45) is 5.73 Å². The molecule has 0 atom stereocenters. The number of nitrogens with two attached hydrogens (primary N) is 1. The van der Waals surface area contributed by atoms with Crippen molar-refractivity contribution < 1.29 is 0 Å². The van der Waals surface area contributed by atoms with Gasteiger partial charge in [0.1, 0.15) is 5.82 Å². The monoisotopic (exact) mass is 228 g/mol. The van der Waals surface area contributed by atoms with Crippen LogP contribution in [0.2, 0.25) is 0 Å². The summed E-state index contributed by atoms with van der Waals surface area (Å²) in [7, 11) is 1.97. The van der Waals surface area contributed by atoms with E-state index in [1.165, 1.54) is 5.39 Å². The summed E-state index contributed by atoms with van der Waals surface area (Å²) in [5, 5.41) is 9.54. The van der Waals surface area contributed by atoms with Crippen LogP contribution in [0.25, 0.3) is 10.8 Å². The molecule has 1 aromatic carbocycles. The van der Waals surface area contributed by atoms with Gasteiger partial charge in [-0.05, 0) is 11.5 Å². The van der Waals surface area contributed by atoms with Gasteiger partial charge in [-0.1, -0.05) is 24.3 Å². The zero-order valence-electron chi connectivity index (χ0n) is 9.85. The molecule has 1 aromatic heterocycles. The van der Waals surface area contributed by atoms with Gasteiger partial charge in [-0.2, -0.15) is 0 Å². The van der Waals surface area contributed by atoms with E-state index in [1.54, 1.807) is 0 Å². The average Bonchev–Trinajstić information content (AvgIpc) is 2.35. The number of hydrogen-bond acceptors (Lipinski definition) is 3. The molecule has 0 saturated carbocycles. The Balaban J connectivity index is 2.31. The molecule has 4 nitrogen and oxygen atoms in total. The highest BCUT2D eigenvalue weighted by molar-refractivity contribution is 5.92. The number of pyridine rings is 1. The fourth-order valence-electron chi connectivity index (χ4n) is 1.80. The molecule has 1 heterocycles. The highest BCUT2D eigenvalue weighted by atomic mass is 15.2. The van der Waals surface area contributed by atoms with E-state index in [4.69, 9.17) is 11.1 Å². The van der Waals surface area contributed by atoms with Gasteiger partial charge in [0.15, 0.2) is 0 Å². The van der Waals surface area contributed by atoms with Gasteiger partial charge in [-0.3, -0.25) is 5.41 Å². The maximum Gasteiger partial charge on any atom is 0.136 e. The molecule has 2 rings (SSSR count). The molecule has 0 aliphatic carbocycles. The molecule has 4 heteroatoms. The van der Waals surface area contributed by atoms with Crippen LogP contribution in [0, 0.1) is 5.41 Å². The molecular weight excluding hydrogens is 212 g/mol. The second-order valence-electron chi connectivity index (χ2n) is 4.05. The van der Waals surface area contributed by atoms with E-state index in [0.29, 0.717) is 13.0 Å². The summed E-state index contributed by atoms with van der Waals surface area (Å²) in [5.41, 5.74) is 5.37. The van der Waals surface area contributed by atoms with Crippen LogP contribution in [-0.2, 0) is 0 Å². The molecule has 0 spiro atoms. The fourth-order valence-corrected chi connectivity index (χ4v) is 1.80. The van der Waals surface area contributed by atoms with E-state index in [9.17, 15) is 0 Å². The van der Waals surface area contributed by atoms with Crippen molar-refractivity contribution in [2.45, 2.75) is 6.42 Å². The molecule has 0 aliphatic rings. The molecule has 17 heavy (non-hydrogen) atoms. The summed E-state index contributed by atoms with van der Waals surface area (Å²) < 4.78 is 0. The van der Waals surface area contributed by atoms with Crippen molar-refractivity contribution >= 4 is 22.4 Å². The summed E-state index contributed by atoms with van der Waals surface area (Å²) in [5.74, 6) is 1.14. The van der Waals surface area contributed by atoms with Crippen LogP contribution in [0.1, 0.15) is 6.42 Å². The van der Waals surface area contributed by atoms with Crippen molar-refractivity contribution in [3.63, 3.8) is 0 Å². The lowest BCUT2D eigenvalue weighted by Gasteiger charge is -2.19. The molecule has 88 valence electrons. The van der Waals surface area contributed by atoms with Crippen LogP contribution in [0.5, 0.6) is 0 Å². The Morgan fingerprint density at radius 3 is 2.88 bits per heavy atom. The normalized spacial score (nSPS) is 10.4. The molecule has 2 aromatic rings. The van der Waals surface area contributed by atoms with Gasteiger partial charge in [0.05, 0.1) is 5.84 Å². The second kappa shape index (κ2) is 4.82. The Morgan fingerprint density at radius 2 is 2.12 bits per heavy atom. The van der Waals surface area contributed by atoms with Crippen LogP contribution in [0.15, 0.2) is 36.5 Å². The first-order chi connectivity index (χ1) is 8.18. The smallest absolute Gasteiger partial charge is 0.136 e. The van der Waals surface area contributed by atoms with Crippen molar-refractivity contribution in [3.05, 3.63) is 36.5 Å². The summed E-state index contributed by atoms with van der Waals surface area (Å²) >= 11 is 0. The zero-order chi connectivity index (χ0) is 12.3. The first-order valence-electron chi connectivity index (χ1n) is 5.56. The Morgan fingerprint density at radius 1 is 1.35 bits per heavy atom. The van der Waals surface area contributed by atoms with Gasteiger partial charge >= 0.3 is 0 Å². The third-order valence-electron chi connectivity index (χ3n) is 2.73. The number of aromatic nitrogens is 1. The third-order valence-corrected chi connectivity index (χ3v) is 2.73. The predicted octanol–water partition coefficient (Wildman–Crippen LogP) is 2.00. The SMILES string of the molecule is CN(CCC(=N)N)c1nccc2ccccc12. The highest BCUT2D eigenvalue weighted by Crippen LogP contribution is 2.22. The van der Waals surface area contributed by atoms with Gasteiger partial charge in [0.2, 0.25) is 0 Å². The maximum atomic E-state index is 7.24. The van der Waals surface area contributed by atoms with Crippen LogP contribution < -0.4 is 10.6 Å². The number of nitrogens with zero attached hydrogens (tertiary/aromatic N) is 2. The minimum atomic E-state index is 0.206. The van der Waals surface area contributed by atoms with Crippen LogP contribution in [0.3, 0.4) is 0 Å². The van der Waals surface area contributed by atoms with E-state index in [1.807, 2.05) is 36.3 Å². The lowest BCUT2D eigenvalue weighted by molar-refractivity contribution is 0.896. The lowest BCUT2D eigenvalue weighted by atomic mass is 10.1. The van der Waals surface area contributed by atoms with Gasteiger partial charge in [-0.25, -0.2) is 4.98 Å². The number of fused-ring (bicyclic) bond motifs is 1. The molecular formula is C13H16N4. The highest BCUT2D eigenvalue weighted by Gasteiger charge is 2.07. The van der Waals surface area contributed by atoms with E-state index in [2.05, 4.69) is 17.1 Å². The molecule has 0 amide bonds. The van der Waals surface area contributed by atoms with E-state index >= 15 is 0 Å². The minimum absolute atomic E-state index is 0.206. The third kappa shape index (κ3) is 2.53. The van der Waals surface area contributed by atoms with Crippen molar-refractivity contribution in [1.29, 1.82) is 5.41 Å². The average molecular weight is 228 g/mol. The summed E-state index contributed by atoms with van der Waals surface area (Å²) in [6.07, 6.45) is 2.36. The van der Waals surface area contributed by atoms with Crippen molar-refractivity contribution in [2.75, 3.05) is 18.5 Å². The van der Waals surface area contributed by atoms with Gasteiger partial charge in [0.25, 0.3) is 0 Å². The number of nitrogens with one attached hydrogen (secondary N) is 1. The summed E-state index contributed by atoms with van der Waals surface area (Å²) in [4.78, 5) is 6.43. The van der Waals surface area contributed by atoms with Gasteiger partial charge in [0, 0.05) is 31.6 Å². The Kier molecular flexibility index (Phi) is 3.23. The van der Waals surface area contributed by atoms with Crippen LogP contribution in [-0.4, -0.2) is 24.4 Å². The van der Waals surface area contributed by atoms with E-state index < -0.39 is 0 Å². The molecule has 0 aliphatic heterocycles. The molecule has 0 radical (unpaired) electrons. The maximum absolute atomic E-state index is 7.24. The van der Waals surface area contributed by atoms with Crippen LogP contribution >= 0.6 is 0 Å². The molecule has 0 bridgehead atoms. The number of amidine groups is 1. The largest absolute Gasteiger partial charge is 0.388 e. The van der Waals surface area contributed by atoms with Gasteiger partial charge in [-0.15, -0.1) is 0 Å². The molecule has 0 saturated heterocycles. The molecule has 0 fully saturated rings. The Bertz CT molecular complexity index is 530. The van der Waals surface area contributed by atoms with Crippen molar-refractivity contribution in [1.82, 2.24) is 4.98 Å². The fraction of sp³-hybridized carbons (Fsp3) is 0.231. The standard InChI is InChI=1S/C13H16N4/c1-17(9-7-12(14)15)13-11-5-3-2-4-10(11)6-8-16-13/h2-6,8H,7,9H2,1H3,(H3,14,15). The number of rotatable bonds is 4. The summed E-state index contributed by atoms with van der Waals surface area (Å²) in [6.45, 7) is 0.705. The van der Waals surface area contributed by atoms with Crippen LogP contribution in [0.4, 0.5) is 5.82 Å². The Labute approximate surface area is 101 Å². The first kappa shape index (κ1) is 11.4. The Hall–Kier alpha value is -2.10. The predicted molar refractivity (Wildman–Crippen MR) is 71.5 cm³/mol. The topological polar surface area (TPSA) is 66.0 Å². The van der Waals surface area contributed by atoms with Crippen molar-refractivity contribution in [3.8, 4) is 0 Å². The minimum Gasteiger partial charge on any atom is -0.388 e. The summed E-state index contributed by atoms with van der Waals surface area (Å²) in [6, 6.07) is 10.1. The number of benzene rings is 1. The number of hydrogen-bond donors (Lipinski definition) is 2. The second-order valence-corrected chi connectivity index (χ2v) is 4.05. The van der Waals surface area contributed by atoms with E-state index in [0.717, 1.165) is 11.2 Å². The van der Waals surface area contributed by atoms with E-state index in [-0.39, 0.29) is 5.84 Å². The molecule has 0 unspecified atom stereocenters. The number of anilines is 1. The first-order valence-corrected chi connectivity index (χ1v) is 5.56. The lowest BCUT2D eigenvalue weighted by Crippen LogP contribution is -2.24. The molecule has 3 N–H and O–H groups in total.